The van der Waals surface area contributed by atoms with Gasteiger partial charge in [-0.15, -0.1) is 4.73 Å². The van der Waals surface area contributed by atoms with Crippen LogP contribution in [0.1, 0.15) is 25.7 Å². The van der Waals surface area contributed by atoms with E-state index in [1.807, 2.05) is 12.1 Å². The summed E-state index contributed by atoms with van der Waals surface area (Å²) in [4.78, 5) is 20.3. The first kappa shape index (κ1) is 19.9. The Labute approximate surface area is 158 Å². The lowest BCUT2D eigenvalue weighted by atomic mass is 10.2. The molecule has 1 heterocycles. The fraction of sp³-hybridized carbons (Fsp3) is 0.312. The predicted octanol–water partition coefficient (Wildman–Crippen LogP) is 4.80. The maximum absolute atomic E-state index is 11.7. The second-order valence-electron chi connectivity index (χ2n) is 5.21. The SMILES string of the molecule is [N-]=[N+]=Nc1ccc(SSCCCCCC(=O)On2c(O)ccc2O)cc1. The molecule has 0 saturated heterocycles. The van der Waals surface area contributed by atoms with E-state index in [0.29, 0.717) is 16.8 Å². The zero-order chi connectivity index (χ0) is 18.8. The van der Waals surface area contributed by atoms with E-state index in [-0.39, 0.29) is 18.2 Å². The molecule has 0 aliphatic rings. The molecule has 8 nitrogen and oxygen atoms in total. The summed E-state index contributed by atoms with van der Waals surface area (Å²) in [7, 11) is 3.37. The summed E-state index contributed by atoms with van der Waals surface area (Å²) in [6.45, 7) is 0. The fourth-order valence-corrected chi connectivity index (χ4v) is 4.11. The van der Waals surface area contributed by atoms with Crippen LogP contribution in [0.4, 0.5) is 5.69 Å². The van der Waals surface area contributed by atoms with E-state index >= 15 is 0 Å². The maximum atomic E-state index is 11.7. The molecule has 2 aromatic rings. The highest BCUT2D eigenvalue weighted by Gasteiger charge is 2.11. The zero-order valence-electron chi connectivity index (χ0n) is 13.8. The second-order valence-corrected chi connectivity index (χ2v) is 7.70. The number of carbonyl (C=O) groups excluding carboxylic acids is 1. The molecular weight excluding hydrogens is 376 g/mol. The summed E-state index contributed by atoms with van der Waals surface area (Å²) in [5.41, 5.74) is 8.95. The third-order valence-corrected chi connectivity index (χ3v) is 5.72. The van der Waals surface area contributed by atoms with E-state index in [1.165, 1.54) is 12.1 Å². The smallest absolute Gasteiger partial charge is 0.333 e. The van der Waals surface area contributed by atoms with Crippen molar-refractivity contribution in [2.75, 3.05) is 5.75 Å². The molecule has 0 aliphatic carbocycles. The van der Waals surface area contributed by atoms with Crippen LogP contribution in [-0.2, 0) is 4.79 Å². The minimum Gasteiger partial charge on any atom is -0.492 e. The van der Waals surface area contributed by atoms with Crippen molar-refractivity contribution in [3.8, 4) is 11.8 Å². The van der Waals surface area contributed by atoms with Crippen LogP contribution in [-0.4, -0.2) is 26.7 Å². The lowest BCUT2D eigenvalue weighted by Gasteiger charge is -2.06. The van der Waals surface area contributed by atoms with Crippen LogP contribution in [0.2, 0.25) is 0 Å². The van der Waals surface area contributed by atoms with Crippen molar-refractivity contribution >= 4 is 33.2 Å². The van der Waals surface area contributed by atoms with Gasteiger partial charge in [0.15, 0.2) is 0 Å². The Morgan fingerprint density at radius 1 is 1.12 bits per heavy atom. The van der Waals surface area contributed by atoms with Gasteiger partial charge in [-0.3, -0.25) is 0 Å². The van der Waals surface area contributed by atoms with Gasteiger partial charge < -0.3 is 15.1 Å². The molecule has 0 amide bonds. The molecule has 2 N–H and O–H groups in total. The van der Waals surface area contributed by atoms with E-state index in [2.05, 4.69) is 10.0 Å². The molecule has 0 radical (unpaired) electrons. The summed E-state index contributed by atoms with van der Waals surface area (Å²) >= 11 is 0. The van der Waals surface area contributed by atoms with Gasteiger partial charge in [-0.2, -0.15) is 0 Å². The number of hydrogen-bond donors (Lipinski definition) is 2. The number of azide groups is 1. The Morgan fingerprint density at radius 2 is 1.81 bits per heavy atom. The molecule has 1 aromatic carbocycles. The van der Waals surface area contributed by atoms with Gasteiger partial charge in [0.2, 0.25) is 11.8 Å². The van der Waals surface area contributed by atoms with Crippen LogP contribution in [0.3, 0.4) is 0 Å². The molecule has 26 heavy (non-hydrogen) atoms. The number of rotatable bonds is 10. The normalized spacial score (nSPS) is 10.3. The highest BCUT2D eigenvalue weighted by Crippen LogP contribution is 2.32. The van der Waals surface area contributed by atoms with Crippen molar-refractivity contribution in [1.82, 2.24) is 4.73 Å². The minimum absolute atomic E-state index is 0.218. The summed E-state index contributed by atoms with van der Waals surface area (Å²) in [5, 5.41) is 22.3. The van der Waals surface area contributed by atoms with Crippen LogP contribution < -0.4 is 4.84 Å². The van der Waals surface area contributed by atoms with Gasteiger partial charge in [-0.25, -0.2) is 4.79 Å². The number of nitrogens with zero attached hydrogens (tertiary/aromatic N) is 4. The summed E-state index contributed by atoms with van der Waals surface area (Å²) in [5.74, 6) is -0.209. The standard InChI is InChI=1S/C16H18N4O4S2/c17-19-18-12-5-7-13(8-6-12)26-25-11-3-1-2-4-16(23)24-20-14(21)9-10-15(20)22/h5-10,21-22H,1-4,11H2. The van der Waals surface area contributed by atoms with Crippen molar-refractivity contribution in [2.24, 2.45) is 5.11 Å². The number of aromatic hydroxyl groups is 2. The Kier molecular flexibility index (Phi) is 8.07. The van der Waals surface area contributed by atoms with Crippen molar-refractivity contribution in [2.45, 2.75) is 30.6 Å². The number of benzene rings is 1. The zero-order valence-corrected chi connectivity index (χ0v) is 15.4. The lowest BCUT2D eigenvalue weighted by molar-refractivity contribution is -0.145. The highest BCUT2D eigenvalue weighted by molar-refractivity contribution is 8.76. The van der Waals surface area contributed by atoms with Gasteiger partial charge in [-0.05, 0) is 30.5 Å². The first-order valence-electron chi connectivity index (χ1n) is 7.85. The van der Waals surface area contributed by atoms with Crippen molar-refractivity contribution in [1.29, 1.82) is 0 Å². The summed E-state index contributed by atoms with van der Waals surface area (Å²) < 4.78 is 0.696. The van der Waals surface area contributed by atoms with E-state index in [0.717, 1.165) is 23.5 Å². The monoisotopic (exact) mass is 394 g/mol. The Hall–Kier alpha value is -2.42. The number of carbonyl (C=O) groups is 1. The Balaban J connectivity index is 1.55. The highest BCUT2D eigenvalue weighted by atomic mass is 33.1. The molecule has 0 atom stereocenters. The van der Waals surface area contributed by atoms with Crippen LogP contribution in [0.25, 0.3) is 10.4 Å². The average molecular weight is 394 g/mol. The van der Waals surface area contributed by atoms with Crippen LogP contribution >= 0.6 is 21.6 Å². The average Bonchev–Trinajstić information content (AvgIpc) is 2.94. The number of aromatic nitrogens is 1. The maximum Gasteiger partial charge on any atom is 0.333 e. The first-order valence-corrected chi connectivity index (χ1v) is 10.2. The fourth-order valence-electron chi connectivity index (χ4n) is 1.98. The van der Waals surface area contributed by atoms with E-state index in [4.69, 9.17) is 10.4 Å². The quantitative estimate of drug-likeness (QED) is 0.196. The van der Waals surface area contributed by atoms with Crippen LogP contribution in [0.15, 0.2) is 46.4 Å². The molecular formula is C16H18N4O4S2. The van der Waals surface area contributed by atoms with Gasteiger partial charge in [0.05, 0.1) is 0 Å². The third kappa shape index (κ3) is 6.47. The minimum atomic E-state index is -0.506. The molecule has 2 rings (SSSR count). The number of hydrogen-bond acceptors (Lipinski definition) is 7. The van der Waals surface area contributed by atoms with E-state index < -0.39 is 5.97 Å². The van der Waals surface area contributed by atoms with Gasteiger partial charge >= 0.3 is 5.97 Å². The Morgan fingerprint density at radius 3 is 2.46 bits per heavy atom. The number of unbranched alkanes of at least 4 members (excludes halogenated alkanes) is 2. The van der Waals surface area contributed by atoms with Crippen LogP contribution in [0, 0.1) is 0 Å². The molecule has 0 unspecified atom stereocenters. The molecule has 1 aromatic heterocycles. The molecule has 0 saturated carbocycles. The van der Waals surface area contributed by atoms with Crippen LogP contribution in [0.5, 0.6) is 11.8 Å². The topological polar surface area (TPSA) is 120 Å². The van der Waals surface area contributed by atoms with Gasteiger partial charge in [0, 0.05) is 39.8 Å². The van der Waals surface area contributed by atoms with E-state index in [9.17, 15) is 15.0 Å². The predicted molar refractivity (Wildman–Crippen MR) is 101 cm³/mol. The lowest BCUT2D eigenvalue weighted by Crippen LogP contribution is -2.18. The third-order valence-electron chi connectivity index (χ3n) is 3.25. The first-order chi connectivity index (χ1) is 12.6. The van der Waals surface area contributed by atoms with Crippen molar-refractivity contribution < 1.29 is 19.8 Å². The largest absolute Gasteiger partial charge is 0.492 e. The molecule has 138 valence electrons. The summed E-state index contributed by atoms with van der Waals surface area (Å²) in [6.07, 6.45) is 2.73. The van der Waals surface area contributed by atoms with Gasteiger partial charge in [-0.1, -0.05) is 45.3 Å². The molecule has 0 aliphatic heterocycles. The molecule has 10 heteroatoms. The molecule has 0 spiro atoms. The van der Waals surface area contributed by atoms with E-state index in [1.54, 1.807) is 33.7 Å². The molecule has 0 fully saturated rings. The van der Waals surface area contributed by atoms with Crippen molar-refractivity contribution in [3.63, 3.8) is 0 Å². The van der Waals surface area contributed by atoms with Gasteiger partial charge in [0.1, 0.15) is 0 Å². The second kappa shape index (κ2) is 10.5. The van der Waals surface area contributed by atoms with Gasteiger partial charge in [0.25, 0.3) is 0 Å². The molecule has 0 bridgehead atoms. The summed E-state index contributed by atoms with van der Waals surface area (Å²) in [6, 6.07) is 9.83. The van der Waals surface area contributed by atoms with Crippen molar-refractivity contribution in [3.05, 3.63) is 46.8 Å². The Bertz CT molecular complexity index is 754.